The Kier molecular flexibility index (Phi) is 9.76. The van der Waals surface area contributed by atoms with E-state index in [2.05, 4.69) is 34.0 Å². The molecule has 0 aromatic carbocycles. The summed E-state index contributed by atoms with van der Waals surface area (Å²) in [4.78, 5) is 0. The van der Waals surface area contributed by atoms with E-state index in [1.165, 1.54) is 25.7 Å². The second-order valence-corrected chi connectivity index (χ2v) is 2.14. The molecule has 2 heteroatoms. The van der Waals surface area contributed by atoms with Crippen LogP contribution in [0.3, 0.4) is 0 Å². The van der Waals surface area contributed by atoms with E-state index in [9.17, 15) is 0 Å². The van der Waals surface area contributed by atoms with Gasteiger partial charge >= 0.3 is 27.0 Å². The molecule has 1 aliphatic carbocycles. The first kappa shape index (κ1) is 10.4. The SMILES string of the molecule is C1=C\CCCC\C=C/1.[Cl][Rh]. The molecule has 0 heterocycles. The van der Waals surface area contributed by atoms with E-state index in [-0.39, 0.29) is 0 Å². The summed E-state index contributed by atoms with van der Waals surface area (Å²) in [6.45, 7) is 0. The summed E-state index contributed by atoms with van der Waals surface area (Å²) in [5, 5.41) is 0. The summed E-state index contributed by atoms with van der Waals surface area (Å²) >= 11 is 2.02. The van der Waals surface area contributed by atoms with Crippen LogP contribution < -0.4 is 0 Å². The van der Waals surface area contributed by atoms with E-state index >= 15 is 0 Å². The van der Waals surface area contributed by atoms with E-state index < -0.39 is 0 Å². The van der Waals surface area contributed by atoms with Gasteiger partial charge in [-0.1, -0.05) is 24.3 Å². The average Bonchev–Trinajstić information content (AvgIpc) is 1.90. The molecule has 0 aromatic heterocycles. The fourth-order valence-corrected chi connectivity index (χ4v) is 0.874. The average molecular weight is 247 g/mol. The molecule has 1 aliphatic rings. The number of allylic oxidation sites excluding steroid dienone is 4. The van der Waals surface area contributed by atoms with Crippen LogP contribution in [0.5, 0.6) is 0 Å². The van der Waals surface area contributed by atoms with Crippen LogP contribution in [0.4, 0.5) is 0 Å². The number of hydrogen-bond donors (Lipinski definition) is 0. The minimum atomic E-state index is 1.27. The molecule has 0 radical (unpaired) electrons. The van der Waals surface area contributed by atoms with Crippen LogP contribution in [-0.2, 0) is 17.3 Å². The molecule has 0 nitrogen and oxygen atoms in total. The van der Waals surface area contributed by atoms with Crippen LogP contribution >= 0.6 is 9.69 Å². The molecule has 0 N–H and O–H groups in total. The number of hydrogen-bond acceptors (Lipinski definition) is 0. The first-order valence-corrected chi connectivity index (χ1v) is 5.55. The Hall–Kier alpha value is 0.393. The van der Waals surface area contributed by atoms with E-state index in [4.69, 9.17) is 0 Å². The van der Waals surface area contributed by atoms with Gasteiger partial charge in [-0.15, -0.1) is 0 Å². The van der Waals surface area contributed by atoms with Gasteiger partial charge in [-0.05, 0) is 25.7 Å². The van der Waals surface area contributed by atoms with Crippen molar-refractivity contribution >= 4 is 9.69 Å². The van der Waals surface area contributed by atoms with Gasteiger partial charge in [-0.25, -0.2) is 0 Å². The van der Waals surface area contributed by atoms with Crippen LogP contribution in [0.25, 0.3) is 0 Å². The van der Waals surface area contributed by atoms with Crippen molar-refractivity contribution < 1.29 is 17.3 Å². The van der Waals surface area contributed by atoms with Gasteiger partial charge in [-0.2, -0.15) is 0 Å². The Bertz CT molecular complexity index is 93.8. The van der Waals surface area contributed by atoms with Gasteiger partial charge in [0.1, 0.15) is 0 Å². The van der Waals surface area contributed by atoms with Crippen LogP contribution in [0.15, 0.2) is 24.3 Å². The molecule has 0 spiro atoms. The molecular weight excluding hydrogens is 234 g/mol. The second-order valence-electron chi connectivity index (χ2n) is 2.14. The molecule has 0 atom stereocenters. The molecule has 0 unspecified atom stereocenters. The molecule has 0 amide bonds. The monoisotopic (exact) mass is 246 g/mol. The standard InChI is InChI=1S/C8H12.ClH.Rh/c1-2-4-6-8-7-5-3-1;;/h1-4H,5-8H2;1H;/q;;+1/p-1/b3-1-,4-2-;;. The van der Waals surface area contributed by atoms with Crippen molar-refractivity contribution in [2.45, 2.75) is 25.7 Å². The summed E-state index contributed by atoms with van der Waals surface area (Å²) in [5.74, 6) is 0. The summed E-state index contributed by atoms with van der Waals surface area (Å²) < 4.78 is 0. The fraction of sp³-hybridized carbons (Fsp3) is 0.500. The zero-order valence-electron chi connectivity index (χ0n) is 5.85. The summed E-state index contributed by atoms with van der Waals surface area (Å²) in [7, 11) is 4.53. The van der Waals surface area contributed by atoms with Crippen molar-refractivity contribution in [2.24, 2.45) is 0 Å². The molecule has 1 rings (SSSR count). The number of rotatable bonds is 0. The molecule has 0 saturated heterocycles. The van der Waals surface area contributed by atoms with Crippen molar-refractivity contribution in [1.29, 1.82) is 0 Å². The zero-order valence-corrected chi connectivity index (χ0v) is 8.24. The van der Waals surface area contributed by atoms with Crippen LogP contribution in [0.2, 0.25) is 0 Å². The third-order valence-corrected chi connectivity index (χ3v) is 1.37. The predicted octanol–water partition coefficient (Wildman–Crippen LogP) is 3.36. The van der Waals surface area contributed by atoms with Gasteiger partial charge in [-0.3, -0.25) is 0 Å². The maximum absolute atomic E-state index is 4.53. The first-order chi connectivity index (χ1) is 5.00. The molecule has 10 heavy (non-hydrogen) atoms. The van der Waals surface area contributed by atoms with Crippen LogP contribution in [0.1, 0.15) is 25.7 Å². The third-order valence-electron chi connectivity index (χ3n) is 1.37. The molecular formula is C8H12ClRh. The first-order valence-electron chi connectivity index (χ1n) is 3.44. The van der Waals surface area contributed by atoms with Gasteiger partial charge in [0.15, 0.2) is 0 Å². The Balaban J connectivity index is 0.000000371. The minimum absolute atomic E-state index is 1.27. The number of halogens is 1. The summed E-state index contributed by atoms with van der Waals surface area (Å²) in [6, 6.07) is 0. The molecule has 0 aliphatic heterocycles. The van der Waals surface area contributed by atoms with Crippen molar-refractivity contribution in [3.8, 4) is 0 Å². The fourth-order valence-electron chi connectivity index (χ4n) is 0.874. The molecule has 60 valence electrons. The van der Waals surface area contributed by atoms with Crippen LogP contribution in [-0.4, -0.2) is 0 Å². The Labute approximate surface area is 77.1 Å². The molecule has 0 aromatic rings. The Morgan fingerprint density at radius 1 is 0.900 bits per heavy atom. The van der Waals surface area contributed by atoms with E-state index in [1.807, 2.05) is 17.3 Å². The topological polar surface area (TPSA) is 0 Å². The van der Waals surface area contributed by atoms with E-state index in [1.54, 1.807) is 0 Å². The molecule has 0 saturated carbocycles. The third kappa shape index (κ3) is 6.51. The van der Waals surface area contributed by atoms with Crippen LogP contribution in [0, 0.1) is 0 Å². The normalized spacial score (nSPS) is 23.1. The Morgan fingerprint density at radius 2 is 1.30 bits per heavy atom. The second kappa shape index (κ2) is 9.39. The zero-order chi connectivity index (χ0) is 7.66. The molecule has 0 fully saturated rings. The van der Waals surface area contributed by atoms with E-state index in [0.29, 0.717) is 0 Å². The van der Waals surface area contributed by atoms with Gasteiger partial charge in [0.05, 0.1) is 0 Å². The summed E-state index contributed by atoms with van der Waals surface area (Å²) in [5.41, 5.74) is 0. The van der Waals surface area contributed by atoms with Crippen molar-refractivity contribution in [2.75, 3.05) is 0 Å². The quantitative estimate of drug-likeness (QED) is 0.575. The predicted molar refractivity (Wildman–Crippen MR) is 42.6 cm³/mol. The molecule has 0 bridgehead atoms. The van der Waals surface area contributed by atoms with Gasteiger partial charge < -0.3 is 0 Å². The van der Waals surface area contributed by atoms with Gasteiger partial charge in [0.25, 0.3) is 0 Å². The van der Waals surface area contributed by atoms with Gasteiger partial charge in [0, 0.05) is 0 Å². The Morgan fingerprint density at radius 3 is 1.70 bits per heavy atom. The van der Waals surface area contributed by atoms with Crippen molar-refractivity contribution in [1.82, 2.24) is 0 Å². The van der Waals surface area contributed by atoms with Crippen molar-refractivity contribution in [3.05, 3.63) is 24.3 Å². The van der Waals surface area contributed by atoms with Gasteiger partial charge in [0.2, 0.25) is 0 Å². The van der Waals surface area contributed by atoms with Crippen molar-refractivity contribution in [3.63, 3.8) is 0 Å². The maximum atomic E-state index is 4.53. The van der Waals surface area contributed by atoms with E-state index in [0.717, 1.165) is 0 Å². The summed E-state index contributed by atoms with van der Waals surface area (Å²) in [6.07, 6.45) is 14.0.